The zero-order valence-electron chi connectivity index (χ0n) is 34.2. The van der Waals surface area contributed by atoms with Crippen LogP contribution < -0.4 is 4.90 Å². The molecule has 3 aliphatic rings. The summed E-state index contributed by atoms with van der Waals surface area (Å²) >= 11 is 0. The highest BCUT2D eigenvalue weighted by molar-refractivity contribution is 6.04. The van der Waals surface area contributed by atoms with Crippen molar-refractivity contribution in [3.63, 3.8) is 0 Å². The largest absolute Gasteiger partial charge is 0.310 e. The van der Waals surface area contributed by atoms with Crippen LogP contribution in [0.2, 0.25) is 0 Å². The van der Waals surface area contributed by atoms with E-state index in [0.29, 0.717) is 11.8 Å². The monoisotopic (exact) mass is 757 g/mol. The third kappa shape index (κ3) is 5.59. The van der Waals surface area contributed by atoms with E-state index in [1.807, 2.05) is 0 Å². The van der Waals surface area contributed by atoms with Crippen LogP contribution in [0.15, 0.2) is 200 Å². The van der Waals surface area contributed by atoms with Gasteiger partial charge in [-0.15, -0.1) is 0 Å². The summed E-state index contributed by atoms with van der Waals surface area (Å²) in [5.74, 6) is 0.868. The van der Waals surface area contributed by atoms with E-state index in [9.17, 15) is 0 Å². The van der Waals surface area contributed by atoms with Crippen LogP contribution in [-0.4, -0.2) is 0 Å². The van der Waals surface area contributed by atoms with Crippen molar-refractivity contribution in [2.75, 3.05) is 4.90 Å². The molecule has 0 fully saturated rings. The lowest BCUT2D eigenvalue weighted by molar-refractivity contribution is 0.394. The molecule has 1 heteroatoms. The predicted octanol–water partition coefficient (Wildman–Crippen LogP) is 15.7. The summed E-state index contributed by atoms with van der Waals surface area (Å²) in [6.07, 6.45) is 9.26. The maximum Gasteiger partial charge on any atom is 0.0465 e. The van der Waals surface area contributed by atoms with E-state index in [1.165, 1.54) is 88.9 Å². The Hall–Kier alpha value is -6.70. The third-order valence-corrected chi connectivity index (χ3v) is 13.8. The van der Waals surface area contributed by atoms with Crippen molar-refractivity contribution in [3.8, 4) is 44.5 Å². The molecule has 0 aliphatic heterocycles. The Morgan fingerprint density at radius 1 is 0.424 bits per heavy atom. The predicted molar refractivity (Wildman–Crippen MR) is 250 cm³/mol. The zero-order valence-corrected chi connectivity index (χ0v) is 34.2. The topological polar surface area (TPSA) is 3.24 Å². The Kier molecular flexibility index (Phi) is 8.07. The first kappa shape index (κ1) is 35.5. The van der Waals surface area contributed by atoms with Gasteiger partial charge in [0.2, 0.25) is 0 Å². The Balaban J connectivity index is 1.04. The molecule has 1 nitrogen and oxygen atoms in total. The van der Waals surface area contributed by atoms with Gasteiger partial charge in [-0.3, -0.25) is 0 Å². The van der Waals surface area contributed by atoms with Crippen LogP contribution >= 0.6 is 0 Å². The van der Waals surface area contributed by atoms with E-state index in [1.54, 1.807) is 0 Å². The Morgan fingerprint density at radius 3 is 1.83 bits per heavy atom. The number of rotatable bonds is 6. The number of hydrogen-bond acceptors (Lipinski definition) is 1. The number of allylic oxidation sites excluding steroid dienone is 4. The van der Waals surface area contributed by atoms with Crippen LogP contribution in [0.3, 0.4) is 0 Å². The van der Waals surface area contributed by atoms with Crippen LogP contribution in [0.4, 0.5) is 17.1 Å². The standard InChI is InChI=1S/C58H47N/c1-57(2)52-20-12-10-18-48(52)50-34-31-44(36-54(50)57)59(45-32-35-51-49-19-11-13-21-53(49)58(3,4)55(51)37-45)43-29-26-41(27-30-43)47-33-28-40-16-8-9-17-46(40)56(47)42-24-22-39(23-25-42)38-14-6-5-7-15-38/h5-37,48,52H,1-4H3. The quantitative estimate of drug-likeness (QED) is 0.163. The summed E-state index contributed by atoms with van der Waals surface area (Å²) < 4.78 is 0. The number of hydrogen-bond donors (Lipinski definition) is 0. The van der Waals surface area contributed by atoms with Gasteiger partial charge in [-0.05, 0) is 125 Å². The molecule has 0 bridgehead atoms. The van der Waals surface area contributed by atoms with Gasteiger partial charge in [0.15, 0.2) is 0 Å². The normalized spacial score (nSPS) is 17.6. The van der Waals surface area contributed by atoms with Crippen LogP contribution in [0.5, 0.6) is 0 Å². The Bertz CT molecular complexity index is 2980. The van der Waals surface area contributed by atoms with E-state index in [-0.39, 0.29) is 10.8 Å². The first-order valence-electron chi connectivity index (χ1n) is 21.1. The average Bonchev–Trinajstić information content (AvgIpc) is 3.65. The molecule has 0 aromatic heterocycles. The molecule has 0 radical (unpaired) electrons. The highest BCUT2D eigenvalue weighted by atomic mass is 15.1. The van der Waals surface area contributed by atoms with E-state index in [4.69, 9.17) is 0 Å². The van der Waals surface area contributed by atoms with E-state index < -0.39 is 0 Å². The maximum atomic E-state index is 2.48. The molecule has 0 saturated heterocycles. The second-order valence-electron chi connectivity index (χ2n) is 17.7. The lowest BCUT2D eigenvalue weighted by Gasteiger charge is -2.31. The number of benzene rings is 8. The molecule has 0 amide bonds. The van der Waals surface area contributed by atoms with Crippen LogP contribution in [-0.2, 0) is 10.8 Å². The molecule has 8 aromatic carbocycles. The smallest absolute Gasteiger partial charge is 0.0465 e. The van der Waals surface area contributed by atoms with E-state index in [2.05, 4.69) is 233 Å². The molecule has 0 N–H and O–H groups in total. The minimum Gasteiger partial charge on any atom is -0.310 e. The van der Waals surface area contributed by atoms with Gasteiger partial charge in [0.25, 0.3) is 0 Å². The maximum absolute atomic E-state index is 2.48. The second kappa shape index (κ2) is 13.4. The minimum absolute atomic E-state index is 0.0140. The van der Waals surface area contributed by atoms with Gasteiger partial charge in [0.05, 0.1) is 0 Å². The number of fused-ring (bicyclic) bond motifs is 7. The summed E-state index contributed by atoms with van der Waals surface area (Å²) in [5.41, 5.74) is 19.1. The van der Waals surface area contributed by atoms with Crippen LogP contribution in [0.25, 0.3) is 55.3 Å². The lowest BCUT2D eigenvalue weighted by Crippen LogP contribution is -2.24. The van der Waals surface area contributed by atoms with E-state index >= 15 is 0 Å². The summed E-state index contributed by atoms with van der Waals surface area (Å²) in [5, 5.41) is 2.50. The molecule has 0 heterocycles. The van der Waals surface area contributed by atoms with Gasteiger partial charge in [-0.25, -0.2) is 0 Å². The van der Waals surface area contributed by atoms with Crippen molar-refractivity contribution < 1.29 is 0 Å². The molecule has 8 aromatic rings. The molecule has 0 saturated carbocycles. The summed E-state index contributed by atoms with van der Waals surface area (Å²) in [6, 6.07) is 65.7. The first-order valence-corrected chi connectivity index (χ1v) is 21.1. The molecular formula is C58H47N. The molecule has 2 atom stereocenters. The van der Waals surface area contributed by atoms with Gasteiger partial charge >= 0.3 is 0 Å². The second-order valence-corrected chi connectivity index (χ2v) is 17.7. The summed E-state index contributed by atoms with van der Waals surface area (Å²) in [6.45, 7) is 9.60. The molecular weight excluding hydrogens is 711 g/mol. The van der Waals surface area contributed by atoms with Gasteiger partial charge in [0.1, 0.15) is 0 Å². The Labute approximate surface area is 348 Å². The van der Waals surface area contributed by atoms with Crippen molar-refractivity contribution >= 4 is 27.8 Å². The fourth-order valence-electron chi connectivity index (χ4n) is 10.7. The van der Waals surface area contributed by atoms with Crippen molar-refractivity contribution in [2.24, 2.45) is 5.92 Å². The SMILES string of the molecule is CC1(C)c2ccccc2-c2ccc(N(c3ccc(-c4ccc5ccccc5c4-c4ccc(-c5ccccc5)cc4)cc3)c3ccc4c(c3)C(C)(C)C3C=CC=CC43)cc21. The van der Waals surface area contributed by atoms with Gasteiger partial charge in [-0.2, -0.15) is 0 Å². The van der Waals surface area contributed by atoms with Crippen molar-refractivity contribution in [3.05, 3.63) is 222 Å². The molecule has 2 unspecified atom stereocenters. The minimum atomic E-state index is -0.0997. The summed E-state index contributed by atoms with van der Waals surface area (Å²) in [4.78, 5) is 2.48. The first-order chi connectivity index (χ1) is 28.8. The fraction of sp³-hybridized carbons (Fsp3) is 0.138. The number of nitrogens with zero attached hydrogens (tertiary/aromatic N) is 1. The van der Waals surface area contributed by atoms with Crippen molar-refractivity contribution in [2.45, 2.75) is 44.4 Å². The van der Waals surface area contributed by atoms with Crippen LogP contribution in [0, 0.1) is 5.92 Å². The number of anilines is 3. The molecule has 3 aliphatic carbocycles. The van der Waals surface area contributed by atoms with Gasteiger partial charge in [0, 0.05) is 28.4 Å². The highest BCUT2D eigenvalue weighted by Gasteiger charge is 2.45. The van der Waals surface area contributed by atoms with E-state index in [0.717, 1.165) is 5.69 Å². The third-order valence-electron chi connectivity index (χ3n) is 13.8. The molecule has 0 spiro atoms. The molecule has 284 valence electrons. The fourth-order valence-corrected chi connectivity index (χ4v) is 10.7. The van der Waals surface area contributed by atoms with Gasteiger partial charge in [-0.1, -0.05) is 192 Å². The Morgan fingerprint density at radius 2 is 1.02 bits per heavy atom. The van der Waals surface area contributed by atoms with Crippen molar-refractivity contribution in [1.29, 1.82) is 0 Å². The van der Waals surface area contributed by atoms with Gasteiger partial charge < -0.3 is 4.90 Å². The molecule has 11 rings (SSSR count). The zero-order chi connectivity index (χ0) is 39.9. The average molecular weight is 758 g/mol. The molecule has 59 heavy (non-hydrogen) atoms. The van der Waals surface area contributed by atoms with Crippen LogP contribution in [0.1, 0.15) is 55.9 Å². The highest BCUT2D eigenvalue weighted by Crippen LogP contribution is 2.55. The lowest BCUT2D eigenvalue weighted by atomic mass is 9.74. The summed E-state index contributed by atoms with van der Waals surface area (Å²) in [7, 11) is 0. The van der Waals surface area contributed by atoms with Crippen molar-refractivity contribution in [1.82, 2.24) is 0 Å².